The van der Waals surface area contributed by atoms with Crippen LogP contribution in [0, 0.1) is 12.7 Å². The van der Waals surface area contributed by atoms with E-state index in [1.807, 2.05) is 32.0 Å². The van der Waals surface area contributed by atoms with Crippen molar-refractivity contribution in [2.24, 2.45) is 0 Å². The van der Waals surface area contributed by atoms with Crippen molar-refractivity contribution in [2.45, 2.75) is 26.3 Å². The van der Waals surface area contributed by atoms with Gasteiger partial charge in [-0.15, -0.1) is 0 Å². The fourth-order valence-corrected chi connectivity index (χ4v) is 2.68. The molecule has 0 saturated carbocycles. The van der Waals surface area contributed by atoms with Gasteiger partial charge < -0.3 is 5.32 Å². The minimum absolute atomic E-state index is 0.0268. The lowest BCUT2D eigenvalue weighted by Gasteiger charge is -2.20. The summed E-state index contributed by atoms with van der Waals surface area (Å²) in [5.74, 6) is -0.340. The predicted octanol–water partition coefficient (Wildman–Crippen LogP) is 5.33. The Hall–Kier alpha value is -1.09. The van der Waals surface area contributed by atoms with Crippen LogP contribution >= 0.6 is 23.2 Å². The molecule has 0 fully saturated rings. The molecular formula is C17H18Cl2FN. The third-order valence-corrected chi connectivity index (χ3v) is 4.21. The minimum atomic E-state index is -0.340. The van der Waals surface area contributed by atoms with Gasteiger partial charge in [0.05, 0.1) is 5.02 Å². The molecule has 2 aromatic rings. The molecule has 1 N–H and O–H groups in total. The summed E-state index contributed by atoms with van der Waals surface area (Å²) in [5, 5.41) is 4.29. The molecule has 1 unspecified atom stereocenters. The van der Waals surface area contributed by atoms with Gasteiger partial charge in [-0.1, -0.05) is 54.4 Å². The van der Waals surface area contributed by atoms with Crippen LogP contribution in [0.5, 0.6) is 0 Å². The van der Waals surface area contributed by atoms with E-state index in [2.05, 4.69) is 5.32 Å². The number of hydrogen-bond acceptors (Lipinski definition) is 1. The second-order valence-electron chi connectivity index (χ2n) is 5.04. The Kier molecular flexibility index (Phi) is 5.63. The molecule has 1 nitrogen and oxygen atoms in total. The molecule has 0 aromatic heterocycles. The molecule has 0 aliphatic heterocycles. The summed E-state index contributed by atoms with van der Waals surface area (Å²) in [6.45, 7) is 4.80. The van der Waals surface area contributed by atoms with Crippen molar-refractivity contribution in [1.29, 1.82) is 0 Å². The van der Waals surface area contributed by atoms with Gasteiger partial charge in [0.15, 0.2) is 0 Å². The van der Waals surface area contributed by atoms with Crippen molar-refractivity contribution in [3.63, 3.8) is 0 Å². The lowest BCUT2D eigenvalue weighted by molar-refractivity contribution is 0.528. The Morgan fingerprint density at radius 2 is 1.90 bits per heavy atom. The molecule has 112 valence electrons. The molecule has 4 heteroatoms. The van der Waals surface area contributed by atoms with Gasteiger partial charge in [0.25, 0.3) is 0 Å². The molecule has 0 bridgehead atoms. The van der Waals surface area contributed by atoms with Crippen molar-refractivity contribution < 1.29 is 4.39 Å². The van der Waals surface area contributed by atoms with Gasteiger partial charge in [0.1, 0.15) is 5.82 Å². The van der Waals surface area contributed by atoms with Gasteiger partial charge in [-0.3, -0.25) is 0 Å². The van der Waals surface area contributed by atoms with Gasteiger partial charge in [-0.2, -0.15) is 0 Å². The maximum Gasteiger partial charge on any atom is 0.145 e. The SMILES string of the molecule is CCNC(Cc1cccc(Cl)c1F)c1ccc(Cl)c(C)c1. The average molecular weight is 326 g/mol. The van der Waals surface area contributed by atoms with E-state index in [-0.39, 0.29) is 16.9 Å². The molecular weight excluding hydrogens is 308 g/mol. The van der Waals surface area contributed by atoms with Crippen LogP contribution in [0.2, 0.25) is 10.0 Å². The summed E-state index contributed by atoms with van der Waals surface area (Å²) in [5.41, 5.74) is 2.72. The molecule has 0 spiro atoms. The van der Waals surface area contributed by atoms with Crippen LogP contribution in [0.1, 0.15) is 29.7 Å². The van der Waals surface area contributed by atoms with E-state index in [0.29, 0.717) is 12.0 Å². The van der Waals surface area contributed by atoms with Gasteiger partial charge in [0.2, 0.25) is 0 Å². The smallest absolute Gasteiger partial charge is 0.145 e. The Labute approximate surface area is 135 Å². The molecule has 1 atom stereocenters. The van der Waals surface area contributed by atoms with E-state index in [9.17, 15) is 4.39 Å². The number of benzene rings is 2. The minimum Gasteiger partial charge on any atom is -0.310 e. The first kappa shape index (κ1) is 16.3. The maximum atomic E-state index is 14.1. The molecule has 0 saturated heterocycles. The first-order chi connectivity index (χ1) is 10.0. The number of hydrogen-bond donors (Lipinski definition) is 1. The summed E-state index contributed by atoms with van der Waals surface area (Å²) < 4.78 is 14.1. The van der Waals surface area contributed by atoms with Crippen molar-refractivity contribution in [1.82, 2.24) is 5.32 Å². The van der Waals surface area contributed by atoms with Gasteiger partial charge in [-0.05, 0) is 48.7 Å². The standard InChI is InChI=1S/C17H18Cl2FN/c1-3-21-16(12-7-8-14(18)11(2)9-12)10-13-5-4-6-15(19)17(13)20/h4-9,16,21H,3,10H2,1-2H3. The quantitative estimate of drug-likeness (QED) is 0.782. The van der Waals surface area contributed by atoms with Crippen molar-refractivity contribution in [3.05, 3.63) is 69.0 Å². The highest BCUT2D eigenvalue weighted by Gasteiger charge is 2.15. The highest BCUT2D eigenvalue weighted by atomic mass is 35.5. The summed E-state index contributed by atoms with van der Waals surface area (Å²) in [6.07, 6.45) is 0.543. The second-order valence-corrected chi connectivity index (χ2v) is 5.85. The lowest BCUT2D eigenvalue weighted by atomic mass is 9.97. The third-order valence-electron chi connectivity index (χ3n) is 3.49. The Morgan fingerprint density at radius 3 is 2.57 bits per heavy atom. The second kappa shape index (κ2) is 7.26. The molecule has 2 rings (SSSR count). The van der Waals surface area contributed by atoms with Crippen molar-refractivity contribution in [3.8, 4) is 0 Å². The average Bonchev–Trinajstić information content (AvgIpc) is 2.46. The highest BCUT2D eigenvalue weighted by Crippen LogP contribution is 2.26. The summed E-state index contributed by atoms with van der Waals surface area (Å²) in [7, 11) is 0. The van der Waals surface area contributed by atoms with Crippen LogP contribution in [0.15, 0.2) is 36.4 Å². The lowest BCUT2D eigenvalue weighted by Crippen LogP contribution is -2.23. The molecule has 0 aliphatic rings. The number of likely N-dealkylation sites (N-methyl/N-ethyl adjacent to an activating group) is 1. The van der Waals surface area contributed by atoms with Crippen LogP contribution < -0.4 is 5.32 Å². The number of aryl methyl sites for hydroxylation is 1. The topological polar surface area (TPSA) is 12.0 Å². The van der Waals surface area contributed by atoms with Crippen LogP contribution in [0.25, 0.3) is 0 Å². The fraction of sp³-hybridized carbons (Fsp3) is 0.294. The Balaban J connectivity index is 2.30. The first-order valence-electron chi connectivity index (χ1n) is 6.95. The van der Waals surface area contributed by atoms with Gasteiger partial charge in [0, 0.05) is 11.1 Å². The monoisotopic (exact) mass is 325 g/mol. The van der Waals surface area contributed by atoms with Crippen molar-refractivity contribution >= 4 is 23.2 Å². The van der Waals surface area contributed by atoms with Crippen LogP contribution in [0.4, 0.5) is 4.39 Å². The summed E-state index contributed by atoms with van der Waals surface area (Å²) >= 11 is 11.9. The Morgan fingerprint density at radius 1 is 1.14 bits per heavy atom. The van der Waals surface area contributed by atoms with Crippen LogP contribution in [-0.2, 0) is 6.42 Å². The highest BCUT2D eigenvalue weighted by molar-refractivity contribution is 6.31. The zero-order valence-electron chi connectivity index (χ0n) is 12.1. The molecule has 2 aromatic carbocycles. The molecule has 0 aliphatic carbocycles. The van der Waals surface area contributed by atoms with Crippen LogP contribution in [0.3, 0.4) is 0 Å². The van der Waals surface area contributed by atoms with Crippen LogP contribution in [-0.4, -0.2) is 6.54 Å². The van der Waals surface area contributed by atoms with E-state index in [1.165, 1.54) is 0 Å². The Bertz CT molecular complexity index is 628. The zero-order chi connectivity index (χ0) is 15.4. The van der Waals surface area contributed by atoms with E-state index in [4.69, 9.17) is 23.2 Å². The number of halogens is 3. The summed E-state index contributed by atoms with van der Waals surface area (Å²) in [6, 6.07) is 11.0. The van der Waals surface area contributed by atoms with Gasteiger partial charge in [-0.25, -0.2) is 4.39 Å². The summed E-state index contributed by atoms with van der Waals surface area (Å²) in [4.78, 5) is 0. The molecule has 0 amide bonds. The normalized spacial score (nSPS) is 12.4. The molecule has 0 heterocycles. The number of nitrogens with one attached hydrogen (secondary N) is 1. The van der Waals surface area contributed by atoms with E-state index in [0.717, 1.165) is 22.7 Å². The van der Waals surface area contributed by atoms with E-state index < -0.39 is 0 Å². The molecule has 0 radical (unpaired) electrons. The zero-order valence-corrected chi connectivity index (χ0v) is 13.6. The maximum absolute atomic E-state index is 14.1. The number of rotatable bonds is 5. The van der Waals surface area contributed by atoms with Gasteiger partial charge >= 0.3 is 0 Å². The fourth-order valence-electron chi connectivity index (χ4n) is 2.36. The molecule has 21 heavy (non-hydrogen) atoms. The third kappa shape index (κ3) is 3.97. The largest absolute Gasteiger partial charge is 0.310 e. The van der Waals surface area contributed by atoms with E-state index in [1.54, 1.807) is 18.2 Å². The van der Waals surface area contributed by atoms with E-state index >= 15 is 0 Å². The predicted molar refractivity (Wildman–Crippen MR) is 87.7 cm³/mol. The van der Waals surface area contributed by atoms with Crippen molar-refractivity contribution in [2.75, 3.05) is 6.54 Å². The first-order valence-corrected chi connectivity index (χ1v) is 7.70.